The van der Waals surface area contributed by atoms with Crippen molar-refractivity contribution in [2.45, 2.75) is 63.3 Å². The highest BCUT2D eigenvalue weighted by Crippen LogP contribution is 2.34. The van der Waals surface area contributed by atoms with E-state index in [-0.39, 0.29) is 4.90 Å². The Morgan fingerprint density at radius 2 is 1.89 bits per heavy atom. The molecule has 0 bridgehead atoms. The molecule has 102 valence electrons. The number of halogens is 1. The van der Waals surface area contributed by atoms with Crippen LogP contribution in [0.5, 0.6) is 0 Å². The molecule has 0 unspecified atom stereocenters. The molecule has 0 atom stereocenters. The van der Waals surface area contributed by atoms with Gasteiger partial charge in [-0.25, -0.2) is 8.42 Å². The summed E-state index contributed by atoms with van der Waals surface area (Å²) >= 11 is 0. The van der Waals surface area contributed by atoms with Crippen LogP contribution in [0.3, 0.4) is 0 Å². The summed E-state index contributed by atoms with van der Waals surface area (Å²) < 4.78 is 25.4. The Kier molecular flexibility index (Phi) is 4.02. The Morgan fingerprint density at radius 1 is 1.28 bits per heavy atom. The predicted molar refractivity (Wildman–Crippen MR) is 71.5 cm³/mol. The van der Waals surface area contributed by atoms with E-state index in [9.17, 15) is 8.42 Å². The third-order valence-electron chi connectivity index (χ3n) is 3.61. The van der Waals surface area contributed by atoms with E-state index in [4.69, 9.17) is 10.7 Å². The minimum absolute atomic E-state index is 0.251. The average molecular weight is 291 g/mol. The second kappa shape index (κ2) is 5.21. The summed E-state index contributed by atoms with van der Waals surface area (Å²) in [6, 6.07) is 0.345. The second-order valence-corrected chi connectivity index (χ2v) is 7.25. The summed E-state index contributed by atoms with van der Waals surface area (Å²) in [5.41, 5.74) is 1.38. The maximum absolute atomic E-state index is 11.7. The van der Waals surface area contributed by atoms with Crippen molar-refractivity contribution in [3.05, 3.63) is 11.4 Å². The van der Waals surface area contributed by atoms with Crippen molar-refractivity contribution in [2.24, 2.45) is 0 Å². The summed E-state index contributed by atoms with van der Waals surface area (Å²) in [7, 11) is 1.86. The molecule has 0 saturated heterocycles. The zero-order valence-corrected chi connectivity index (χ0v) is 12.4. The van der Waals surface area contributed by atoms with Gasteiger partial charge in [0.2, 0.25) is 0 Å². The first-order chi connectivity index (χ1) is 8.49. The number of hydrogen-bond acceptors (Lipinski definition) is 3. The van der Waals surface area contributed by atoms with Gasteiger partial charge in [-0.05, 0) is 25.7 Å². The summed E-state index contributed by atoms with van der Waals surface area (Å²) in [5.74, 6) is 0. The monoisotopic (exact) mass is 290 g/mol. The molecule has 4 nitrogen and oxygen atoms in total. The van der Waals surface area contributed by atoms with Crippen molar-refractivity contribution >= 4 is 19.7 Å². The molecule has 1 aromatic rings. The first-order valence-electron chi connectivity index (χ1n) is 6.53. The molecule has 1 aliphatic carbocycles. The Morgan fingerprint density at radius 3 is 2.33 bits per heavy atom. The van der Waals surface area contributed by atoms with E-state index < -0.39 is 9.05 Å². The van der Waals surface area contributed by atoms with E-state index in [2.05, 4.69) is 5.10 Å². The van der Waals surface area contributed by atoms with Gasteiger partial charge in [-0.15, -0.1) is 0 Å². The lowest BCUT2D eigenvalue weighted by atomic mass is 10.2. The Labute approximate surface area is 113 Å². The zero-order valence-electron chi connectivity index (χ0n) is 10.8. The summed E-state index contributed by atoms with van der Waals surface area (Å²) in [6.07, 6.45) is 5.79. The first kappa shape index (κ1) is 13.9. The number of aryl methyl sites for hydroxylation is 1. The van der Waals surface area contributed by atoms with Crippen molar-refractivity contribution in [2.75, 3.05) is 0 Å². The van der Waals surface area contributed by atoms with Crippen molar-refractivity contribution in [3.8, 4) is 0 Å². The van der Waals surface area contributed by atoms with Gasteiger partial charge in [-0.3, -0.25) is 4.68 Å². The van der Waals surface area contributed by atoms with E-state index in [1.54, 1.807) is 0 Å². The minimum atomic E-state index is -3.71. The highest BCUT2D eigenvalue weighted by atomic mass is 35.7. The third-order valence-corrected chi connectivity index (χ3v) is 5.04. The van der Waals surface area contributed by atoms with Crippen molar-refractivity contribution in [1.82, 2.24) is 9.78 Å². The molecule has 1 saturated carbocycles. The molecule has 1 aromatic heterocycles. The Hall–Kier alpha value is -0.550. The van der Waals surface area contributed by atoms with Crippen LogP contribution in [0.25, 0.3) is 0 Å². The van der Waals surface area contributed by atoms with Gasteiger partial charge < -0.3 is 0 Å². The number of hydrogen-bond donors (Lipinski definition) is 0. The van der Waals surface area contributed by atoms with Crippen LogP contribution >= 0.6 is 10.7 Å². The van der Waals surface area contributed by atoms with Gasteiger partial charge in [0.1, 0.15) is 4.90 Å². The van der Waals surface area contributed by atoms with Gasteiger partial charge in [-0.1, -0.05) is 26.7 Å². The van der Waals surface area contributed by atoms with E-state index in [1.807, 2.05) is 18.5 Å². The fraction of sp³-hybridized carbons (Fsp3) is 0.750. The van der Waals surface area contributed by atoms with Crippen LogP contribution in [0.4, 0.5) is 0 Å². The van der Waals surface area contributed by atoms with Crippen LogP contribution in [0.2, 0.25) is 0 Å². The SMILES string of the molecule is CCc1nn(C2CCCC2)c(CC)c1S(=O)(=O)Cl. The topological polar surface area (TPSA) is 52.0 Å². The van der Waals surface area contributed by atoms with E-state index in [0.29, 0.717) is 24.6 Å². The fourth-order valence-corrected chi connectivity index (χ4v) is 4.31. The zero-order chi connectivity index (χ0) is 13.3. The molecule has 1 heterocycles. The smallest absolute Gasteiger partial charge is 0.264 e. The maximum Gasteiger partial charge on any atom is 0.264 e. The van der Waals surface area contributed by atoms with Crippen molar-refractivity contribution < 1.29 is 8.42 Å². The van der Waals surface area contributed by atoms with Crippen LogP contribution in [0, 0.1) is 0 Å². The largest absolute Gasteiger partial charge is 0.265 e. The molecule has 0 N–H and O–H groups in total. The molecule has 1 fully saturated rings. The molecular formula is C12H19ClN2O2S. The Bertz CT molecular complexity index is 531. The lowest BCUT2D eigenvalue weighted by molar-refractivity contribution is 0.447. The average Bonchev–Trinajstić information content (AvgIpc) is 2.93. The van der Waals surface area contributed by atoms with Crippen LogP contribution in [0.15, 0.2) is 4.90 Å². The molecule has 0 radical (unpaired) electrons. The molecule has 0 aliphatic heterocycles. The van der Waals surface area contributed by atoms with Gasteiger partial charge in [0.15, 0.2) is 0 Å². The van der Waals surface area contributed by atoms with Gasteiger partial charge in [0.25, 0.3) is 9.05 Å². The normalized spacial score (nSPS) is 17.5. The van der Waals surface area contributed by atoms with Crippen LogP contribution in [-0.4, -0.2) is 18.2 Å². The second-order valence-electron chi connectivity index (χ2n) is 4.75. The maximum atomic E-state index is 11.7. The quantitative estimate of drug-likeness (QED) is 0.801. The van der Waals surface area contributed by atoms with Crippen LogP contribution in [0.1, 0.15) is 57.0 Å². The van der Waals surface area contributed by atoms with Crippen molar-refractivity contribution in [3.63, 3.8) is 0 Å². The van der Waals surface area contributed by atoms with Crippen LogP contribution in [-0.2, 0) is 21.9 Å². The van der Waals surface area contributed by atoms with Crippen LogP contribution < -0.4 is 0 Å². The molecule has 6 heteroatoms. The number of nitrogens with zero attached hydrogens (tertiary/aromatic N) is 2. The highest BCUT2D eigenvalue weighted by Gasteiger charge is 2.29. The molecule has 18 heavy (non-hydrogen) atoms. The van der Waals surface area contributed by atoms with Gasteiger partial charge in [-0.2, -0.15) is 5.10 Å². The van der Waals surface area contributed by atoms with E-state index in [0.717, 1.165) is 18.5 Å². The molecule has 0 aromatic carbocycles. The first-order valence-corrected chi connectivity index (χ1v) is 8.84. The van der Waals surface area contributed by atoms with Gasteiger partial charge >= 0.3 is 0 Å². The molecule has 0 spiro atoms. The van der Waals surface area contributed by atoms with Gasteiger partial charge in [0.05, 0.1) is 17.4 Å². The molecule has 0 amide bonds. The minimum Gasteiger partial charge on any atom is -0.265 e. The van der Waals surface area contributed by atoms with Crippen molar-refractivity contribution in [1.29, 1.82) is 0 Å². The molecule has 2 rings (SSSR count). The van der Waals surface area contributed by atoms with E-state index in [1.165, 1.54) is 12.8 Å². The van der Waals surface area contributed by atoms with Gasteiger partial charge in [0, 0.05) is 10.7 Å². The fourth-order valence-electron chi connectivity index (χ4n) is 2.79. The standard InChI is InChI=1S/C12H19ClN2O2S/c1-3-10-12(18(13,16)17)11(4-2)15(14-10)9-7-5-6-8-9/h9H,3-8H2,1-2H3. The number of aromatic nitrogens is 2. The van der Waals surface area contributed by atoms with E-state index >= 15 is 0 Å². The third kappa shape index (κ3) is 2.43. The lowest BCUT2D eigenvalue weighted by Crippen LogP contribution is -2.11. The summed E-state index contributed by atoms with van der Waals surface area (Å²) in [4.78, 5) is 0.251. The molecular weight excluding hydrogens is 272 g/mol. The predicted octanol–water partition coefficient (Wildman–Crippen LogP) is 3.05. The lowest BCUT2D eigenvalue weighted by Gasteiger charge is -2.13. The summed E-state index contributed by atoms with van der Waals surface area (Å²) in [5, 5.41) is 4.50. The number of rotatable bonds is 4. The summed E-state index contributed by atoms with van der Waals surface area (Å²) in [6.45, 7) is 3.86. The Balaban J connectivity index is 2.58. The molecule has 1 aliphatic rings. The highest BCUT2D eigenvalue weighted by molar-refractivity contribution is 8.13.